The summed E-state index contributed by atoms with van der Waals surface area (Å²) in [5.74, 6) is -0.827. The summed E-state index contributed by atoms with van der Waals surface area (Å²) in [6, 6.07) is 29.0. The minimum absolute atomic E-state index is 0.00192. The molecule has 0 saturated heterocycles. The van der Waals surface area contributed by atoms with Crippen LogP contribution in [0.2, 0.25) is 10.0 Å². The molecule has 0 bridgehead atoms. The zero-order chi connectivity index (χ0) is 32.7. The predicted molar refractivity (Wildman–Crippen MR) is 183 cm³/mol. The number of sulfonamides is 1. The number of hydrogen-bond acceptors (Lipinski definition) is 4. The molecule has 5 rings (SSSR count). The van der Waals surface area contributed by atoms with E-state index < -0.39 is 28.5 Å². The van der Waals surface area contributed by atoms with E-state index in [2.05, 4.69) is 5.32 Å². The first-order valence-corrected chi connectivity index (χ1v) is 17.5. The van der Waals surface area contributed by atoms with Gasteiger partial charge in [-0.05, 0) is 55.2 Å². The number of nitrogens with one attached hydrogen (secondary N) is 1. The van der Waals surface area contributed by atoms with E-state index in [0.29, 0.717) is 0 Å². The van der Waals surface area contributed by atoms with Gasteiger partial charge in [0, 0.05) is 19.0 Å². The van der Waals surface area contributed by atoms with Gasteiger partial charge in [0.05, 0.1) is 20.6 Å². The van der Waals surface area contributed by atoms with Crippen LogP contribution in [0.15, 0.2) is 108 Å². The molecule has 0 aromatic heterocycles. The second-order valence-corrected chi connectivity index (χ2v) is 14.2. The zero-order valence-corrected chi connectivity index (χ0v) is 27.9. The molecule has 4 aromatic rings. The molecule has 2 amide bonds. The van der Waals surface area contributed by atoms with E-state index in [-0.39, 0.29) is 45.5 Å². The van der Waals surface area contributed by atoms with Crippen molar-refractivity contribution in [1.82, 2.24) is 10.2 Å². The summed E-state index contributed by atoms with van der Waals surface area (Å²) in [5.41, 5.74) is 2.63. The Balaban J connectivity index is 1.58. The maximum absolute atomic E-state index is 14.6. The first-order valence-electron chi connectivity index (χ1n) is 15.3. The second-order valence-electron chi connectivity index (χ2n) is 11.6. The normalized spacial score (nSPS) is 14.1. The molecular weight excluding hydrogens is 641 g/mol. The van der Waals surface area contributed by atoms with Gasteiger partial charge in [0.15, 0.2) is 0 Å². The van der Waals surface area contributed by atoms with Crippen molar-refractivity contribution in [3.05, 3.63) is 130 Å². The Hall–Kier alpha value is -3.85. The first-order chi connectivity index (χ1) is 22.1. The third-order valence-electron chi connectivity index (χ3n) is 8.26. The van der Waals surface area contributed by atoms with Crippen molar-refractivity contribution < 1.29 is 18.0 Å². The number of benzene rings is 4. The fourth-order valence-corrected chi connectivity index (χ4v) is 7.61. The fourth-order valence-electron chi connectivity index (χ4n) is 5.74. The van der Waals surface area contributed by atoms with Gasteiger partial charge in [-0.3, -0.25) is 13.9 Å². The molecule has 0 aliphatic heterocycles. The highest BCUT2D eigenvalue weighted by atomic mass is 35.5. The maximum atomic E-state index is 14.6. The summed E-state index contributed by atoms with van der Waals surface area (Å²) < 4.78 is 29.4. The van der Waals surface area contributed by atoms with Crippen molar-refractivity contribution in [2.24, 2.45) is 0 Å². The van der Waals surface area contributed by atoms with Gasteiger partial charge in [-0.15, -0.1) is 0 Å². The highest BCUT2D eigenvalue weighted by Crippen LogP contribution is 2.36. The molecule has 1 aliphatic carbocycles. The molecule has 0 radical (unpaired) electrons. The summed E-state index contributed by atoms with van der Waals surface area (Å²) in [6.45, 7) is 1.35. The van der Waals surface area contributed by atoms with E-state index in [9.17, 15) is 18.0 Å². The lowest BCUT2D eigenvalue weighted by Gasteiger charge is -2.34. The van der Waals surface area contributed by atoms with E-state index in [1.807, 2.05) is 67.6 Å². The number of carbonyl (C=O) groups excluding carboxylic acids is 2. The quantitative estimate of drug-likeness (QED) is 0.172. The van der Waals surface area contributed by atoms with Crippen molar-refractivity contribution >= 4 is 50.7 Å². The standard InChI is InChI=1S/C36H37Cl2N3O4S/c1-26-19-21-30(22-20-26)46(44,45)41(32-18-10-17-31(37)35(32)38)25-34(42)40(24-28-13-6-3-7-14-28)33(23-27-11-4-2-5-12-27)36(43)39-29-15-8-9-16-29/h2-7,10-14,17-22,29,33H,8-9,15-16,23-25H2,1H3,(H,39,43)/t33-/m0/s1. The molecule has 0 heterocycles. The topological polar surface area (TPSA) is 86.8 Å². The Kier molecular flexibility index (Phi) is 11.0. The van der Waals surface area contributed by atoms with Crippen molar-refractivity contribution in [2.45, 2.75) is 62.6 Å². The monoisotopic (exact) mass is 677 g/mol. The molecule has 1 fully saturated rings. The summed E-state index contributed by atoms with van der Waals surface area (Å²) >= 11 is 12.9. The number of aryl methyl sites for hydroxylation is 1. The van der Waals surface area contributed by atoms with E-state index in [1.54, 1.807) is 24.3 Å². The van der Waals surface area contributed by atoms with Gasteiger partial charge < -0.3 is 10.2 Å². The molecule has 10 heteroatoms. The average molecular weight is 679 g/mol. The van der Waals surface area contributed by atoms with Crippen LogP contribution in [0.5, 0.6) is 0 Å². The molecule has 0 unspecified atom stereocenters. The molecule has 46 heavy (non-hydrogen) atoms. The average Bonchev–Trinajstić information content (AvgIpc) is 3.57. The number of halogens is 2. The number of amides is 2. The molecule has 1 atom stereocenters. The third kappa shape index (κ3) is 8.10. The first kappa shape index (κ1) is 33.5. The van der Waals surface area contributed by atoms with E-state index in [4.69, 9.17) is 23.2 Å². The molecule has 1 N–H and O–H groups in total. The Labute approximate surface area is 281 Å². The molecule has 7 nitrogen and oxygen atoms in total. The van der Waals surface area contributed by atoms with Gasteiger partial charge >= 0.3 is 0 Å². The van der Waals surface area contributed by atoms with Crippen molar-refractivity contribution in [3.63, 3.8) is 0 Å². The minimum atomic E-state index is -4.29. The number of rotatable bonds is 12. The van der Waals surface area contributed by atoms with Crippen LogP contribution in [-0.2, 0) is 32.6 Å². The van der Waals surface area contributed by atoms with Gasteiger partial charge in [-0.2, -0.15) is 0 Å². The predicted octanol–water partition coefficient (Wildman–Crippen LogP) is 7.20. The van der Waals surface area contributed by atoms with Gasteiger partial charge in [-0.1, -0.05) is 120 Å². The molecule has 0 spiro atoms. The Morgan fingerprint density at radius 3 is 2.07 bits per heavy atom. The second kappa shape index (κ2) is 15.2. The van der Waals surface area contributed by atoms with Crippen LogP contribution in [-0.4, -0.2) is 43.8 Å². The highest BCUT2D eigenvalue weighted by Gasteiger charge is 2.36. The molecule has 240 valence electrons. The zero-order valence-electron chi connectivity index (χ0n) is 25.6. The largest absolute Gasteiger partial charge is 0.352 e. The van der Waals surface area contributed by atoms with Gasteiger partial charge in [0.25, 0.3) is 10.0 Å². The van der Waals surface area contributed by atoms with E-state index in [1.165, 1.54) is 23.1 Å². The number of anilines is 1. The highest BCUT2D eigenvalue weighted by molar-refractivity contribution is 7.92. The molecule has 4 aromatic carbocycles. The summed E-state index contributed by atoms with van der Waals surface area (Å²) in [4.78, 5) is 30.2. The van der Waals surface area contributed by atoms with Crippen LogP contribution in [0.1, 0.15) is 42.4 Å². The van der Waals surface area contributed by atoms with Crippen LogP contribution < -0.4 is 9.62 Å². The van der Waals surface area contributed by atoms with E-state index in [0.717, 1.165) is 46.7 Å². The van der Waals surface area contributed by atoms with Gasteiger partial charge in [0.2, 0.25) is 11.8 Å². The lowest BCUT2D eigenvalue weighted by Crippen LogP contribution is -2.54. The fraction of sp³-hybridized carbons (Fsp3) is 0.278. The van der Waals surface area contributed by atoms with Crippen LogP contribution in [0.3, 0.4) is 0 Å². The Bertz CT molecular complexity index is 1750. The maximum Gasteiger partial charge on any atom is 0.264 e. The van der Waals surface area contributed by atoms with E-state index >= 15 is 0 Å². The molecule has 1 saturated carbocycles. The number of carbonyl (C=O) groups is 2. The lowest BCUT2D eigenvalue weighted by atomic mass is 10.0. The lowest BCUT2D eigenvalue weighted by molar-refractivity contribution is -0.140. The third-order valence-corrected chi connectivity index (χ3v) is 10.8. The Morgan fingerprint density at radius 1 is 0.826 bits per heavy atom. The molecule has 1 aliphatic rings. The summed E-state index contributed by atoms with van der Waals surface area (Å²) in [5, 5.41) is 3.33. The van der Waals surface area contributed by atoms with Crippen LogP contribution in [0.25, 0.3) is 0 Å². The van der Waals surface area contributed by atoms with Crippen LogP contribution in [0, 0.1) is 6.92 Å². The minimum Gasteiger partial charge on any atom is -0.352 e. The number of nitrogens with zero attached hydrogens (tertiary/aromatic N) is 2. The SMILES string of the molecule is Cc1ccc(S(=O)(=O)N(CC(=O)N(Cc2ccccc2)[C@@H](Cc2ccccc2)C(=O)NC2CCCC2)c2cccc(Cl)c2Cl)cc1. The summed E-state index contributed by atoms with van der Waals surface area (Å²) in [6.07, 6.45) is 4.08. The van der Waals surface area contributed by atoms with Crippen molar-refractivity contribution in [1.29, 1.82) is 0 Å². The summed E-state index contributed by atoms with van der Waals surface area (Å²) in [7, 11) is -4.29. The van der Waals surface area contributed by atoms with Crippen LogP contribution >= 0.6 is 23.2 Å². The number of hydrogen-bond donors (Lipinski definition) is 1. The van der Waals surface area contributed by atoms with Gasteiger partial charge in [0.1, 0.15) is 12.6 Å². The molecular formula is C36H37Cl2N3O4S. The van der Waals surface area contributed by atoms with Gasteiger partial charge in [-0.25, -0.2) is 8.42 Å². The Morgan fingerprint density at radius 2 is 1.43 bits per heavy atom. The van der Waals surface area contributed by atoms with Crippen molar-refractivity contribution in [3.8, 4) is 0 Å². The van der Waals surface area contributed by atoms with Crippen LogP contribution in [0.4, 0.5) is 5.69 Å². The van der Waals surface area contributed by atoms with Crippen molar-refractivity contribution in [2.75, 3.05) is 10.8 Å². The smallest absolute Gasteiger partial charge is 0.264 e.